The van der Waals surface area contributed by atoms with Crippen LogP contribution < -0.4 is 4.74 Å². The molecule has 1 radical (unpaired) electrons. The lowest BCUT2D eigenvalue weighted by Gasteiger charge is -2.20. The Kier molecular flexibility index (Phi) is 2.56. The molecule has 0 aromatic heterocycles. The molecule has 1 aliphatic rings. The third-order valence-electron chi connectivity index (χ3n) is 3.63. The maximum absolute atomic E-state index is 5.94. The first-order valence-electron chi connectivity index (χ1n) is 6.76. The molecule has 0 bridgehead atoms. The van der Waals surface area contributed by atoms with E-state index in [0.29, 0.717) is 0 Å². The van der Waals surface area contributed by atoms with Gasteiger partial charge in [-0.25, -0.2) is 0 Å². The summed E-state index contributed by atoms with van der Waals surface area (Å²) in [5, 5.41) is 0. The predicted octanol–water partition coefficient (Wildman–Crippen LogP) is 4.85. The van der Waals surface area contributed by atoms with Gasteiger partial charge in [0.25, 0.3) is 0 Å². The van der Waals surface area contributed by atoms with Gasteiger partial charge in [0.2, 0.25) is 0 Å². The minimum absolute atomic E-state index is 0.881. The maximum Gasteiger partial charge on any atom is 0.131 e. The molecule has 0 atom stereocenters. The van der Waals surface area contributed by atoms with Crippen LogP contribution in [0.3, 0.4) is 0 Å². The average Bonchev–Trinajstić information content (AvgIpc) is 2.53. The van der Waals surface area contributed by atoms with Crippen LogP contribution in [0.15, 0.2) is 66.7 Å². The van der Waals surface area contributed by atoms with Crippen LogP contribution in [0.5, 0.6) is 11.5 Å². The van der Waals surface area contributed by atoms with E-state index in [2.05, 4.69) is 42.5 Å². The van der Waals surface area contributed by atoms with Crippen molar-refractivity contribution in [1.82, 2.24) is 0 Å². The van der Waals surface area contributed by atoms with Crippen molar-refractivity contribution in [2.75, 3.05) is 0 Å². The zero-order chi connectivity index (χ0) is 13.4. The number of ether oxygens (including phenoxy) is 1. The van der Waals surface area contributed by atoms with Crippen molar-refractivity contribution in [3.8, 4) is 22.6 Å². The third kappa shape index (κ3) is 1.88. The van der Waals surface area contributed by atoms with E-state index in [-0.39, 0.29) is 0 Å². The van der Waals surface area contributed by atoms with Crippen LogP contribution in [-0.4, -0.2) is 0 Å². The molecule has 1 nitrogen and oxygen atoms in total. The average molecular weight is 257 g/mol. The molecule has 95 valence electrons. The molecule has 20 heavy (non-hydrogen) atoms. The lowest BCUT2D eigenvalue weighted by atomic mass is 9.96. The highest BCUT2D eigenvalue weighted by molar-refractivity contribution is 5.66. The summed E-state index contributed by atoms with van der Waals surface area (Å²) in [5.41, 5.74) is 4.66. The van der Waals surface area contributed by atoms with Crippen molar-refractivity contribution < 1.29 is 4.74 Å². The van der Waals surface area contributed by atoms with E-state index in [4.69, 9.17) is 4.74 Å². The van der Waals surface area contributed by atoms with Gasteiger partial charge in [-0.05, 0) is 34.9 Å². The zero-order valence-electron chi connectivity index (χ0n) is 11.0. The summed E-state index contributed by atoms with van der Waals surface area (Å²) in [5.74, 6) is 1.88. The molecule has 0 unspecified atom stereocenters. The number of para-hydroxylation sites is 1. The van der Waals surface area contributed by atoms with Crippen molar-refractivity contribution in [2.45, 2.75) is 6.42 Å². The fourth-order valence-corrected chi connectivity index (χ4v) is 2.60. The summed E-state index contributed by atoms with van der Waals surface area (Å²) < 4.78 is 5.94. The van der Waals surface area contributed by atoms with Crippen LogP contribution in [0, 0.1) is 6.07 Å². The molecule has 1 heteroatoms. The molecule has 4 rings (SSSR count). The summed E-state index contributed by atoms with van der Waals surface area (Å²) >= 11 is 0. The fourth-order valence-electron chi connectivity index (χ4n) is 2.60. The predicted molar refractivity (Wildman–Crippen MR) is 80.0 cm³/mol. The van der Waals surface area contributed by atoms with Crippen molar-refractivity contribution >= 4 is 0 Å². The summed E-state index contributed by atoms with van der Waals surface area (Å²) in [6.07, 6.45) is 0.881. The molecular formula is C19H13O. The first-order chi connectivity index (χ1) is 9.90. The molecule has 3 aromatic rings. The van der Waals surface area contributed by atoms with Gasteiger partial charge in [-0.1, -0.05) is 54.6 Å². The fraction of sp³-hybridized carbons (Fsp3) is 0.0526. The third-order valence-corrected chi connectivity index (χ3v) is 3.63. The van der Waals surface area contributed by atoms with Crippen molar-refractivity contribution in [3.63, 3.8) is 0 Å². The highest BCUT2D eigenvalue weighted by atomic mass is 16.5. The van der Waals surface area contributed by atoms with Gasteiger partial charge in [0, 0.05) is 12.0 Å². The van der Waals surface area contributed by atoms with Gasteiger partial charge in [0.1, 0.15) is 11.5 Å². The molecule has 0 fully saturated rings. The Morgan fingerprint density at radius 2 is 1.55 bits per heavy atom. The molecule has 0 spiro atoms. The Hall–Kier alpha value is -2.54. The van der Waals surface area contributed by atoms with Gasteiger partial charge in [0.05, 0.1) is 0 Å². The molecule has 3 aromatic carbocycles. The summed E-state index contributed by atoms with van der Waals surface area (Å²) in [7, 11) is 0. The Morgan fingerprint density at radius 1 is 0.750 bits per heavy atom. The zero-order valence-corrected chi connectivity index (χ0v) is 11.0. The van der Waals surface area contributed by atoms with Crippen molar-refractivity contribution in [3.05, 3.63) is 83.9 Å². The smallest absolute Gasteiger partial charge is 0.131 e. The Bertz CT molecular complexity index is 760. The second kappa shape index (κ2) is 4.53. The van der Waals surface area contributed by atoms with Crippen LogP contribution in [0.4, 0.5) is 0 Å². The molecule has 1 aliphatic heterocycles. The monoisotopic (exact) mass is 257 g/mol. The van der Waals surface area contributed by atoms with E-state index < -0.39 is 0 Å². The summed E-state index contributed by atoms with van der Waals surface area (Å²) in [6, 6.07) is 26.1. The van der Waals surface area contributed by atoms with E-state index in [0.717, 1.165) is 29.0 Å². The quantitative estimate of drug-likeness (QED) is 0.473. The Morgan fingerprint density at radius 3 is 2.45 bits per heavy atom. The van der Waals surface area contributed by atoms with Gasteiger partial charge in [-0.3, -0.25) is 0 Å². The standard InChI is InChI=1S/C19H13O/c1-2-6-14(7-3-1)15-10-11-19-17(12-15)13-16-8-4-5-9-18(16)20-19/h1-11H,13H2. The van der Waals surface area contributed by atoms with Gasteiger partial charge >= 0.3 is 0 Å². The Labute approximate surface area is 118 Å². The second-order valence-electron chi connectivity index (χ2n) is 4.97. The number of fused-ring (bicyclic) bond motifs is 2. The van der Waals surface area contributed by atoms with E-state index in [1.165, 1.54) is 11.1 Å². The van der Waals surface area contributed by atoms with Crippen LogP contribution in [0.1, 0.15) is 11.1 Å². The highest BCUT2D eigenvalue weighted by Crippen LogP contribution is 2.37. The van der Waals surface area contributed by atoms with E-state index in [1.807, 2.05) is 30.3 Å². The molecule has 0 aliphatic carbocycles. The van der Waals surface area contributed by atoms with Gasteiger partial charge in [0.15, 0.2) is 0 Å². The molecule has 0 amide bonds. The molecule has 1 heterocycles. The number of hydrogen-bond donors (Lipinski definition) is 0. The SMILES string of the molecule is [c]1c(-c2ccccc2)ccc2c1Cc1ccccc1O2. The lowest BCUT2D eigenvalue weighted by Crippen LogP contribution is -2.03. The van der Waals surface area contributed by atoms with Gasteiger partial charge in [-0.15, -0.1) is 0 Å². The van der Waals surface area contributed by atoms with E-state index in [9.17, 15) is 0 Å². The highest BCUT2D eigenvalue weighted by Gasteiger charge is 2.17. The molecule has 0 saturated heterocycles. The van der Waals surface area contributed by atoms with Crippen molar-refractivity contribution in [2.24, 2.45) is 0 Å². The minimum Gasteiger partial charge on any atom is -0.457 e. The van der Waals surface area contributed by atoms with Crippen molar-refractivity contribution in [1.29, 1.82) is 0 Å². The molecule has 0 saturated carbocycles. The first kappa shape index (κ1) is 11.3. The first-order valence-corrected chi connectivity index (χ1v) is 6.76. The van der Waals surface area contributed by atoms with E-state index >= 15 is 0 Å². The number of hydrogen-bond acceptors (Lipinski definition) is 1. The molecular weight excluding hydrogens is 244 g/mol. The Balaban J connectivity index is 1.77. The molecule has 0 N–H and O–H groups in total. The van der Waals surface area contributed by atoms with Crippen LogP contribution in [-0.2, 0) is 6.42 Å². The van der Waals surface area contributed by atoms with Crippen LogP contribution in [0.2, 0.25) is 0 Å². The van der Waals surface area contributed by atoms with Crippen LogP contribution in [0.25, 0.3) is 11.1 Å². The van der Waals surface area contributed by atoms with E-state index in [1.54, 1.807) is 0 Å². The topological polar surface area (TPSA) is 9.23 Å². The summed E-state index contributed by atoms with van der Waals surface area (Å²) in [6.45, 7) is 0. The number of rotatable bonds is 1. The largest absolute Gasteiger partial charge is 0.457 e. The normalized spacial score (nSPS) is 12.2. The lowest BCUT2D eigenvalue weighted by molar-refractivity contribution is 0.460. The second-order valence-corrected chi connectivity index (χ2v) is 4.97. The van der Waals surface area contributed by atoms with Gasteiger partial charge in [-0.2, -0.15) is 0 Å². The maximum atomic E-state index is 5.94. The van der Waals surface area contributed by atoms with Gasteiger partial charge < -0.3 is 4.74 Å². The van der Waals surface area contributed by atoms with Crippen LogP contribution >= 0.6 is 0 Å². The number of benzene rings is 3. The minimum atomic E-state index is 0.881. The summed E-state index contributed by atoms with van der Waals surface area (Å²) in [4.78, 5) is 0.